The van der Waals surface area contributed by atoms with Crippen molar-refractivity contribution in [2.24, 2.45) is 5.16 Å². The Bertz CT molecular complexity index is 1930. The number of nitrogens with two attached hydrogens (primary N) is 1. The molecule has 16 nitrogen and oxygen atoms in total. The zero-order valence-corrected chi connectivity index (χ0v) is 26.2. The van der Waals surface area contributed by atoms with Gasteiger partial charge in [0.25, 0.3) is 17.0 Å². The number of phenols is 3. The minimum atomic E-state index is -1.31. The molecule has 1 saturated heterocycles. The molecule has 0 aliphatic carbocycles. The number of aliphatic carboxylic acids is 1. The quantitative estimate of drug-likeness (QED) is 0.0433. The molecule has 4 aromatic rings. The number of nitrogens with one attached hydrogen (secondary N) is 1. The second-order valence-corrected chi connectivity index (χ2v) is 12.9. The topological polar surface area (TPSA) is 247 Å². The molecule has 2 aliphatic heterocycles. The Kier molecular flexibility index (Phi) is 8.92. The number of oxime groups is 1. The van der Waals surface area contributed by atoms with Crippen molar-refractivity contribution in [1.29, 1.82) is 0 Å². The van der Waals surface area contributed by atoms with Gasteiger partial charge in [0.1, 0.15) is 35.2 Å². The average molecular weight is 698 g/mol. The number of β-lactam (4-membered cyclic amide) rings is 1. The molecular formula is C28H23N7O9S3. The van der Waals surface area contributed by atoms with E-state index < -0.39 is 29.2 Å². The van der Waals surface area contributed by atoms with Gasteiger partial charge in [-0.05, 0) is 41.5 Å². The molecular weight excluding hydrogens is 675 g/mol. The summed E-state index contributed by atoms with van der Waals surface area (Å²) in [6.07, 6.45) is 0. The number of aromatic nitrogens is 3. The molecule has 7 N–H and O–H groups in total. The normalized spacial score (nSPS) is 17.7. The number of carbonyl (C=O) groups is 3. The SMILES string of the molecule is Nc1nc(C(=NOCc2ccc(O)cc2)C(=O)N[C@@H]2C(=O)N3C(C(=O)O)=C(CSc4nnc(-c5ccc(O)c(O)c5)o4)CS[C@@H]23)cs1. The Morgan fingerprint density at radius 1 is 1.15 bits per heavy atom. The molecule has 1 fully saturated rings. The first kappa shape index (κ1) is 31.7. The van der Waals surface area contributed by atoms with E-state index in [1.54, 1.807) is 12.1 Å². The number of carbonyl (C=O) groups excluding carboxylic acids is 2. The van der Waals surface area contributed by atoms with Crippen molar-refractivity contribution in [2.75, 3.05) is 17.2 Å². The molecule has 2 atom stereocenters. The number of carboxylic acids is 1. The number of phenolic OH excluding ortho intramolecular Hbond substituents is 3. The molecule has 2 aliphatic rings. The summed E-state index contributed by atoms with van der Waals surface area (Å²) >= 11 is 3.43. The number of carboxylic acid groups (broad SMARTS) is 1. The van der Waals surface area contributed by atoms with Crippen LogP contribution in [0.3, 0.4) is 0 Å². The highest BCUT2D eigenvalue weighted by atomic mass is 32.2. The fourth-order valence-electron chi connectivity index (χ4n) is 4.56. The maximum absolute atomic E-state index is 13.3. The maximum Gasteiger partial charge on any atom is 0.352 e. The van der Waals surface area contributed by atoms with Crippen molar-refractivity contribution in [3.05, 3.63) is 70.4 Å². The zero-order valence-electron chi connectivity index (χ0n) is 23.8. The third kappa shape index (κ3) is 6.67. The molecule has 2 aromatic heterocycles. The minimum absolute atomic E-state index is 0.0237. The van der Waals surface area contributed by atoms with E-state index in [4.69, 9.17) is 15.0 Å². The Morgan fingerprint density at radius 3 is 2.64 bits per heavy atom. The molecule has 2 aromatic carbocycles. The fourth-order valence-corrected chi connectivity index (χ4v) is 7.35. The van der Waals surface area contributed by atoms with Gasteiger partial charge in [-0.1, -0.05) is 29.1 Å². The third-order valence-corrected chi connectivity index (χ3v) is 9.76. The van der Waals surface area contributed by atoms with Crippen LogP contribution in [0.15, 0.2) is 73.9 Å². The van der Waals surface area contributed by atoms with Crippen LogP contribution in [0.1, 0.15) is 11.3 Å². The van der Waals surface area contributed by atoms with Crippen molar-refractivity contribution < 1.29 is 44.1 Å². The van der Waals surface area contributed by atoms with Crippen LogP contribution in [0.5, 0.6) is 17.2 Å². The first-order valence-corrected chi connectivity index (χ1v) is 16.4. The largest absolute Gasteiger partial charge is 0.508 e. The molecule has 242 valence electrons. The molecule has 4 heterocycles. The van der Waals surface area contributed by atoms with Crippen molar-refractivity contribution in [2.45, 2.75) is 23.2 Å². The van der Waals surface area contributed by atoms with E-state index in [2.05, 4.69) is 25.7 Å². The molecule has 2 amide bonds. The summed E-state index contributed by atoms with van der Waals surface area (Å²) in [4.78, 5) is 49.5. The minimum Gasteiger partial charge on any atom is -0.508 e. The van der Waals surface area contributed by atoms with Crippen LogP contribution in [0.2, 0.25) is 0 Å². The van der Waals surface area contributed by atoms with Gasteiger partial charge in [0, 0.05) is 22.4 Å². The highest BCUT2D eigenvalue weighted by Gasteiger charge is 2.54. The van der Waals surface area contributed by atoms with Crippen LogP contribution >= 0.6 is 34.9 Å². The van der Waals surface area contributed by atoms with E-state index in [0.717, 1.165) is 28.0 Å². The van der Waals surface area contributed by atoms with Gasteiger partial charge >= 0.3 is 5.97 Å². The maximum atomic E-state index is 13.3. The van der Waals surface area contributed by atoms with Crippen LogP contribution in [-0.2, 0) is 25.8 Å². The van der Waals surface area contributed by atoms with Crippen molar-refractivity contribution in [1.82, 2.24) is 25.4 Å². The number of thiazole rings is 1. The highest BCUT2D eigenvalue weighted by Crippen LogP contribution is 2.42. The number of anilines is 1. The summed E-state index contributed by atoms with van der Waals surface area (Å²) in [5.74, 6) is -2.84. The summed E-state index contributed by atoms with van der Waals surface area (Å²) in [5.41, 5.74) is 6.94. The summed E-state index contributed by atoms with van der Waals surface area (Å²) in [6, 6.07) is 9.17. The number of benzene rings is 2. The second kappa shape index (κ2) is 13.2. The van der Waals surface area contributed by atoms with Gasteiger partial charge < -0.3 is 40.7 Å². The molecule has 6 rings (SSSR count). The number of hydrogen-bond donors (Lipinski definition) is 6. The lowest BCUT2D eigenvalue weighted by atomic mass is 10.0. The van der Waals surface area contributed by atoms with Crippen molar-refractivity contribution >= 4 is 63.5 Å². The Hall–Kier alpha value is -5.27. The number of aromatic hydroxyl groups is 3. The Balaban J connectivity index is 1.13. The first-order valence-electron chi connectivity index (χ1n) is 13.5. The van der Waals surface area contributed by atoms with Crippen LogP contribution in [0.4, 0.5) is 5.13 Å². The molecule has 19 heteroatoms. The predicted octanol–water partition coefficient (Wildman–Crippen LogP) is 2.34. The van der Waals surface area contributed by atoms with Gasteiger partial charge in [-0.15, -0.1) is 33.3 Å². The number of thioether (sulfide) groups is 2. The number of nitrogen functional groups attached to an aromatic ring is 1. The second-order valence-electron chi connectivity index (χ2n) is 9.93. The number of hydrogen-bond acceptors (Lipinski definition) is 16. The van der Waals surface area contributed by atoms with E-state index >= 15 is 0 Å². The van der Waals surface area contributed by atoms with Gasteiger partial charge in [0.15, 0.2) is 22.3 Å². The van der Waals surface area contributed by atoms with Crippen molar-refractivity contribution in [3.8, 4) is 28.7 Å². The zero-order chi connectivity index (χ0) is 33.2. The summed E-state index contributed by atoms with van der Waals surface area (Å²) in [5, 5.41) is 54.3. The lowest BCUT2D eigenvalue weighted by Crippen LogP contribution is -2.71. The monoisotopic (exact) mass is 697 g/mol. The van der Waals surface area contributed by atoms with Gasteiger partial charge in [-0.3, -0.25) is 14.5 Å². The molecule has 0 unspecified atom stereocenters. The van der Waals surface area contributed by atoms with Crippen molar-refractivity contribution in [3.63, 3.8) is 0 Å². The predicted molar refractivity (Wildman–Crippen MR) is 169 cm³/mol. The van der Waals surface area contributed by atoms with Crippen LogP contribution in [0, 0.1) is 0 Å². The van der Waals surface area contributed by atoms with Crippen LogP contribution in [-0.4, -0.2) is 86.9 Å². The first-order chi connectivity index (χ1) is 22.6. The van der Waals surface area contributed by atoms with Gasteiger partial charge in [0.2, 0.25) is 5.89 Å². The Morgan fingerprint density at radius 2 is 1.94 bits per heavy atom. The lowest BCUT2D eigenvalue weighted by molar-refractivity contribution is -0.150. The van der Waals surface area contributed by atoms with Gasteiger partial charge in [-0.25, -0.2) is 9.78 Å². The summed E-state index contributed by atoms with van der Waals surface area (Å²) in [6.45, 7) is -0.0237. The van der Waals surface area contributed by atoms with Gasteiger partial charge in [-0.2, -0.15) is 0 Å². The van der Waals surface area contributed by atoms with E-state index in [-0.39, 0.29) is 68.7 Å². The smallest absolute Gasteiger partial charge is 0.352 e. The van der Waals surface area contributed by atoms with Gasteiger partial charge in [0.05, 0.1) is 0 Å². The van der Waals surface area contributed by atoms with E-state index in [1.165, 1.54) is 47.5 Å². The van der Waals surface area contributed by atoms with E-state index in [9.17, 15) is 34.8 Å². The van der Waals surface area contributed by atoms with Crippen LogP contribution < -0.4 is 11.1 Å². The summed E-state index contributed by atoms with van der Waals surface area (Å²) < 4.78 is 5.61. The third-order valence-electron chi connectivity index (χ3n) is 6.84. The fraction of sp³-hybridized carbons (Fsp3) is 0.179. The molecule has 0 saturated carbocycles. The molecule has 0 radical (unpaired) electrons. The molecule has 47 heavy (non-hydrogen) atoms. The Labute approximate surface area is 276 Å². The van der Waals surface area contributed by atoms with E-state index in [0.29, 0.717) is 16.7 Å². The lowest BCUT2D eigenvalue weighted by Gasteiger charge is -2.49. The number of fused-ring (bicyclic) bond motifs is 1. The molecule has 0 bridgehead atoms. The standard InChI is InChI=1S/C28H23N7O9S3/c29-27-30-16(11-46-27)19(34-43-8-12-1-4-15(36)5-2-12)22(39)31-20-24(40)35-21(26(41)42)14(9-45-25(20)35)10-47-28-33-32-23(44-28)13-3-6-17(37)18(38)7-13/h1-7,11,20,25,36-38H,8-10H2,(H2,29,30)(H,31,39)(H,41,42)/t20-,25+/m1/s1. The van der Waals surface area contributed by atoms with E-state index in [1.807, 2.05) is 0 Å². The molecule has 0 spiro atoms. The number of nitrogens with zero attached hydrogens (tertiary/aromatic N) is 5. The average Bonchev–Trinajstić information content (AvgIpc) is 3.71. The summed E-state index contributed by atoms with van der Waals surface area (Å²) in [7, 11) is 0. The number of amides is 2. The van der Waals surface area contributed by atoms with Crippen LogP contribution in [0.25, 0.3) is 11.5 Å². The number of rotatable bonds is 11. The highest BCUT2D eigenvalue weighted by molar-refractivity contribution is 8.01.